The molecule has 6 nitrogen and oxygen atoms in total. The number of aromatic nitrogens is 1. The standard InChI is InChI=1S/C14H14BrN3O3/c1-8-4-11(12(18(20)21)5-9(8)2)16-14(19)13-6-10(15)7-17(13)3/h4-7H,1-3H3,(H,16,19). The minimum absolute atomic E-state index is 0.111. The number of benzene rings is 1. The van der Waals surface area contributed by atoms with Crippen LogP contribution in [0.1, 0.15) is 21.6 Å². The monoisotopic (exact) mass is 351 g/mol. The Morgan fingerprint density at radius 2 is 1.90 bits per heavy atom. The lowest BCUT2D eigenvalue weighted by Gasteiger charge is -2.09. The smallest absolute Gasteiger partial charge is 0.293 e. The molecular weight excluding hydrogens is 338 g/mol. The second-order valence-corrected chi connectivity index (χ2v) is 5.73. The number of hydrogen-bond donors (Lipinski definition) is 1. The minimum atomic E-state index is -0.497. The highest BCUT2D eigenvalue weighted by Gasteiger charge is 2.19. The molecule has 0 fully saturated rings. The van der Waals surface area contributed by atoms with Crippen LogP contribution in [0.5, 0.6) is 0 Å². The van der Waals surface area contributed by atoms with Crippen molar-refractivity contribution in [3.63, 3.8) is 0 Å². The number of nitro benzene ring substituents is 1. The van der Waals surface area contributed by atoms with Crippen molar-refractivity contribution in [2.24, 2.45) is 7.05 Å². The van der Waals surface area contributed by atoms with Crippen LogP contribution in [0.2, 0.25) is 0 Å². The number of nitrogens with one attached hydrogen (secondary N) is 1. The van der Waals surface area contributed by atoms with Crippen LogP contribution < -0.4 is 5.32 Å². The summed E-state index contributed by atoms with van der Waals surface area (Å²) in [5.74, 6) is -0.394. The van der Waals surface area contributed by atoms with Crippen molar-refractivity contribution in [2.75, 3.05) is 5.32 Å². The Hall–Kier alpha value is -2.15. The van der Waals surface area contributed by atoms with E-state index in [1.54, 1.807) is 36.9 Å². The maximum Gasteiger partial charge on any atom is 0.293 e. The lowest BCUT2D eigenvalue weighted by atomic mass is 10.1. The lowest BCUT2D eigenvalue weighted by Crippen LogP contribution is -2.16. The fourth-order valence-corrected chi connectivity index (χ4v) is 2.51. The summed E-state index contributed by atoms with van der Waals surface area (Å²) in [4.78, 5) is 22.9. The SMILES string of the molecule is Cc1cc(NC(=O)c2cc(Br)cn2C)c([N+](=O)[O-])cc1C. The highest BCUT2D eigenvalue weighted by atomic mass is 79.9. The van der Waals surface area contributed by atoms with Gasteiger partial charge in [0.25, 0.3) is 11.6 Å². The van der Waals surface area contributed by atoms with Crippen molar-refractivity contribution >= 4 is 33.2 Å². The molecule has 0 aliphatic heterocycles. The highest BCUT2D eigenvalue weighted by Crippen LogP contribution is 2.28. The van der Waals surface area contributed by atoms with Crippen molar-refractivity contribution in [1.82, 2.24) is 4.57 Å². The van der Waals surface area contributed by atoms with Crippen LogP contribution in [0, 0.1) is 24.0 Å². The molecule has 1 aromatic carbocycles. The molecule has 7 heteroatoms. The molecule has 1 N–H and O–H groups in total. The van der Waals surface area contributed by atoms with Gasteiger partial charge in [-0.25, -0.2) is 0 Å². The molecule has 0 bridgehead atoms. The zero-order chi connectivity index (χ0) is 15.7. The van der Waals surface area contributed by atoms with Gasteiger partial charge in [0.2, 0.25) is 0 Å². The molecule has 110 valence electrons. The number of amides is 1. The summed E-state index contributed by atoms with van der Waals surface area (Å²) < 4.78 is 2.41. The second kappa shape index (κ2) is 5.69. The molecule has 1 aromatic heterocycles. The first-order chi connectivity index (χ1) is 9.79. The summed E-state index contributed by atoms with van der Waals surface area (Å²) in [6.45, 7) is 3.63. The van der Waals surface area contributed by atoms with E-state index in [4.69, 9.17) is 0 Å². The lowest BCUT2D eigenvalue weighted by molar-refractivity contribution is -0.384. The average Bonchev–Trinajstić information content (AvgIpc) is 2.72. The zero-order valence-electron chi connectivity index (χ0n) is 11.8. The van der Waals surface area contributed by atoms with Crippen LogP contribution in [0.15, 0.2) is 28.9 Å². The van der Waals surface area contributed by atoms with Crippen molar-refractivity contribution in [3.8, 4) is 0 Å². The highest BCUT2D eigenvalue weighted by molar-refractivity contribution is 9.10. The Kier molecular flexibility index (Phi) is 4.13. The number of hydrogen-bond acceptors (Lipinski definition) is 3. The summed E-state index contributed by atoms with van der Waals surface area (Å²) in [5.41, 5.74) is 2.19. The molecule has 1 heterocycles. The maximum absolute atomic E-state index is 12.2. The fourth-order valence-electron chi connectivity index (χ4n) is 1.99. The van der Waals surface area contributed by atoms with Gasteiger partial charge in [0.15, 0.2) is 0 Å². The number of nitro groups is 1. The number of carbonyl (C=O) groups is 1. The van der Waals surface area contributed by atoms with Crippen LogP contribution in [0.3, 0.4) is 0 Å². The molecule has 0 radical (unpaired) electrons. The first kappa shape index (κ1) is 15.2. The molecule has 21 heavy (non-hydrogen) atoms. The van der Waals surface area contributed by atoms with Gasteiger partial charge in [0.1, 0.15) is 11.4 Å². The summed E-state index contributed by atoms with van der Waals surface area (Å²) in [6.07, 6.45) is 1.74. The quantitative estimate of drug-likeness (QED) is 0.678. The van der Waals surface area contributed by atoms with E-state index in [0.717, 1.165) is 15.6 Å². The summed E-state index contributed by atoms with van der Waals surface area (Å²) in [5, 5.41) is 13.7. The van der Waals surface area contributed by atoms with Crippen molar-refractivity contribution < 1.29 is 9.72 Å². The van der Waals surface area contributed by atoms with Gasteiger partial charge < -0.3 is 9.88 Å². The van der Waals surface area contributed by atoms with Crippen molar-refractivity contribution in [2.45, 2.75) is 13.8 Å². The van der Waals surface area contributed by atoms with Gasteiger partial charge in [-0.05, 0) is 53.0 Å². The second-order valence-electron chi connectivity index (χ2n) is 4.82. The molecule has 1 amide bonds. The number of aryl methyl sites for hydroxylation is 3. The molecule has 0 saturated carbocycles. The van der Waals surface area contributed by atoms with Gasteiger partial charge in [-0.1, -0.05) is 0 Å². The predicted octanol–water partition coefficient (Wildman–Crippen LogP) is 3.56. The van der Waals surface area contributed by atoms with Gasteiger partial charge in [0, 0.05) is 23.8 Å². The van der Waals surface area contributed by atoms with E-state index in [0.29, 0.717) is 5.69 Å². The van der Waals surface area contributed by atoms with E-state index >= 15 is 0 Å². The topological polar surface area (TPSA) is 77.2 Å². The first-order valence-electron chi connectivity index (χ1n) is 6.18. The summed E-state index contributed by atoms with van der Waals surface area (Å²) in [6, 6.07) is 4.73. The molecule has 0 atom stereocenters. The van der Waals surface area contributed by atoms with Crippen LogP contribution in [0.4, 0.5) is 11.4 Å². The zero-order valence-corrected chi connectivity index (χ0v) is 13.4. The van der Waals surface area contributed by atoms with Gasteiger partial charge in [-0.2, -0.15) is 0 Å². The number of nitrogens with zero attached hydrogens (tertiary/aromatic N) is 2. The average molecular weight is 352 g/mol. The van der Waals surface area contributed by atoms with Crippen molar-refractivity contribution in [1.29, 1.82) is 0 Å². The third-order valence-electron chi connectivity index (χ3n) is 3.26. The van der Waals surface area contributed by atoms with Gasteiger partial charge in [-0.3, -0.25) is 14.9 Å². The van der Waals surface area contributed by atoms with Gasteiger partial charge in [0.05, 0.1) is 4.92 Å². The summed E-state index contributed by atoms with van der Waals surface area (Å²) in [7, 11) is 1.73. The summed E-state index contributed by atoms with van der Waals surface area (Å²) >= 11 is 3.29. The maximum atomic E-state index is 12.2. The Labute approximate surface area is 130 Å². The van der Waals surface area contributed by atoms with Gasteiger partial charge in [-0.15, -0.1) is 0 Å². The molecule has 2 aromatic rings. The van der Waals surface area contributed by atoms with E-state index < -0.39 is 10.8 Å². The molecule has 0 unspecified atom stereocenters. The molecule has 2 rings (SSSR count). The normalized spacial score (nSPS) is 10.5. The Balaban J connectivity index is 2.39. The van der Waals surface area contributed by atoms with Crippen LogP contribution in [-0.4, -0.2) is 15.4 Å². The molecule has 0 aliphatic carbocycles. The third kappa shape index (κ3) is 3.13. The number of carbonyl (C=O) groups excluding carboxylic acids is 1. The minimum Gasteiger partial charge on any atom is -0.345 e. The predicted molar refractivity (Wildman–Crippen MR) is 83.6 cm³/mol. The van der Waals surface area contributed by atoms with E-state index in [-0.39, 0.29) is 11.4 Å². The Morgan fingerprint density at radius 1 is 1.29 bits per heavy atom. The molecule has 0 aliphatic rings. The first-order valence-corrected chi connectivity index (χ1v) is 6.97. The van der Waals surface area contributed by atoms with Crippen molar-refractivity contribution in [3.05, 3.63) is 55.8 Å². The van der Waals surface area contributed by atoms with E-state index in [1.165, 1.54) is 6.07 Å². The van der Waals surface area contributed by atoms with E-state index in [1.807, 2.05) is 6.92 Å². The molecule has 0 spiro atoms. The van der Waals surface area contributed by atoms with Crippen LogP contribution >= 0.6 is 15.9 Å². The van der Waals surface area contributed by atoms with E-state index in [9.17, 15) is 14.9 Å². The van der Waals surface area contributed by atoms with Crippen LogP contribution in [-0.2, 0) is 7.05 Å². The third-order valence-corrected chi connectivity index (χ3v) is 3.69. The molecule has 0 saturated heterocycles. The number of rotatable bonds is 3. The number of anilines is 1. The number of halogens is 1. The van der Waals surface area contributed by atoms with E-state index in [2.05, 4.69) is 21.2 Å². The fraction of sp³-hybridized carbons (Fsp3) is 0.214. The molecular formula is C14H14BrN3O3. The Morgan fingerprint density at radius 3 is 2.43 bits per heavy atom. The van der Waals surface area contributed by atoms with Crippen LogP contribution in [0.25, 0.3) is 0 Å². The largest absolute Gasteiger partial charge is 0.345 e. The van der Waals surface area contributed by atoms with Gasteiger partial charge >= 0.3 is 0 Å². The Bertz CT molecular complexity index is 737.